The van der Waals surface area contributed by atoms with Gasteiger partial charge in [0, 0.05) is 34.4 Å². The van der Waals surface area contributed by atoms with Crippen molar-refractivity contribution >= 4 is 29.4 Å². The van der Waals surface area contributed by atoms with E-state index in [-0.39, 0.29) is 11.7 Å². The summed E-state index contributed by atoms with van der Waals surface area (Å²) < 4.78 is 20.8. The van der Waals surface area contributed by atoms with Crippen LogP contribution >= 0.6 is 0 Å². The Balaban J connectivity index is 1.97. The highest BCUT2D eigenvalue weighted by molar-refractivity contribution is 6.00. The first-order chi connectivity index (χ1) is 15.6. The second-order valence-corrected chi connectivity index (χ2v) is 8.09. The van der Waals surface area contributed by atoms with E-state index >= 15 is 0 Å². The van der Waals surface area contributed by atoms with Crippen LogP contribution in [0.2, 0.25) is 0 Å². The van der Waals surface area contributed by atoms with Gasteiger partial charge in [-0.25, -0.2) is 4.79 Å². The molecule has 0 fully saturated rings. The fraction of sp³-hybridized carbons (Fsp3) is 0.320. The molecule has 0 radical (unpaired) electrons. The standard InChI is InChI=1S/C25H29NO7/c1-25(2,3)24(29)26-18-10-7-16(8-11-18)19(27)15-33-23(28)12-9-17-13-21(31-5)22(32-6)14-20(17)30-4/h7-14H,15H2,1-6H3,(H,26,29). The third kappa shape index (κ3) is 7.10. The monoisotopic (exact) mass is 455 g/mol. The van der Waals surface area contributed by atoms with Crippen molar-refractivity contribution in [2.45, 2.75) is 20.8 Å². The van der Waals surface area contributed by atoms with E-state index in [0.717, 1.165) is 0 Å². The third-order valence-electron chi connectivity index (χ3n) is 4.63. The summed E-state index contributed by atoms with van der Waals surface area (Å²) in [6.45, 7) is 5.01. The zero-order chi connectivity index (χ0) is 24.6. The molecule has 1 amide bonds. The molecule has 0 atom stereocenters. The van der Waals surface area contributed by atoms with Crippen LogP contribution in [0, 0.1) is 5.41 Å². The summed E-state index contributed by atoms with van der Waals surface area (Å²) in [5.74, 6) is 0.260. The fourth-order valence-corrected chi connectivity index (χ4v) is 2.67. The van der Waals surface area contributed by atoms with Gasteiger partial charge in [-0.3, -0.25) is 9.59 Å². The van der Waals surface area contributed by atoms with E-state index in [0.29, 0.717) is 34.1 Å². The largest absolute Gasteiger partial charge is 0.496 e. The maximum Gasteiger partial charge on any atom is 0.331 e. The molecule has 33 heavy (non-hydrogen) atoms. The molecule has 0 spiro atoms. The van der Waals surface area contributed by atoms with Crippen molar-refractivity contribution in [1.29, 1.82) is 0 Å². The lowest BCUT2D eigenvalue weighted by Gasteiger charge is -2.17. The van der Waals surface area contributed by atoms with Gasteiger partial charge >= 0.3 is 5.97 Å². The lowest BCUT2D eigenvalue weighted by molar-refractivity contribution is -0.136. The molecule has 0 aliphatic rings. The van der Waals surface area contributed by atoms with Crippen LogP contribution in [0.15, 0.2) is 42.5 Å². The number of carbonyl (C=O) groups excluding carboxylic acids is 3. The van der Waals surface area contributed by atoms with Gasteiger partial charge in [0.15, 0.2) is 23.9 Å². The molecule has 0 aliphatic carbocycles. The molecule has 0 bridgehead atoms. The average molecular weight is 456 g/mol. The van der Waals surface area contributed by atoms with E-state index < -0.39 is 18.0 Å². The minimum Gasteiger partial charge on any atom is -0.496 e. The summed E-state index contributed by atoms with van der Waals surface area (Å²) in [7, 11) is 4.51. The number of rotatable bonds is 9. The van der Waals surface area contributed by atoms with Crippen molar-refractivity contribution < 1.29 is 33.3 Å². The number of ether oxygens (including phenoxy) is 4. The molecule has 2 aromatic rings. The van der Waals surface area contributed by atoms with Crippen molar-refractivity contribution in [3.8, 4) is 17.2 Å². The van der Waals surface area contributed by atoms with Crippen LogP contribution in [-0.2, 0) is 14.3 Å². The first-order valence-corrected chi connectivity index (χ1v) is 10.2. The molecule has 0 unspecified atom stereocenters. The Labute approximate surface area is 193 Å². The molecule has 0 saturated heterocycles. The summed E-state index contributed by atoms with van der Waals surface area (Å²) >= 11 is 0. The number of hydrogen-bond donors (Lipinski definition) is 1. The Hall–Kier alpha value is -3.81. The van der Waals surface area contributed by atoms with Gasteiger partial charge in [-0.2, -0.15) is 0 Å². The predicted molar refractivity (Wildman–Crippen MR) is 125 cm³/mol. The fourth-order valence-electron chi connectivity index (χ4n) is 2.67. The maximum atomic E-state index is 12.3. The summed E-state index contributed by atoms with van der Waals surface area (Å²) in [6, 6.07) is 9.69. The van der Waals surface area contributed by atoms with Crippen LogP contribution in [0.4, 0.5) is 5.69 Å². The van der Waals surface area contributed by atoms with Crippen LogP contribution in [0.1, 0.15) is 36.7 Å². The van der Waals surface area contributed by atoms with Gasteiger partial charge in [-0.05, 0) is 36.4 Å². The number of ketones is 1. The van der Waals surface area contributed by atoms with E-state index in [2.05, 4.69) is 5.32 Å². The lowest BCUT2D eigenvalue weighted by Crippen LogP contribution is -2.27. The van der Waals surface area contributed by atoms with Crippen molar-refractivity contribution in [3.05, 3.63) is 53.6 Å². The van der Waals surface area contributed by atoms with Gasteiger partial charge in [0.25, 0.3) is 0 Å². The lowest BCUT2D eigenvalue weighted by atomic mass is 9.95. The smallest absolute Gasteiger partial charge is 0.331 e. The van der Waals surface area contributed by atoms with E-state index in [1.165, 1.54) is 33.5 Å². The van der Waals surface area contributed by atoms with Gasteiger partial charge in [0.05, 0.1) is 21.3 Å². The summed E-state index contributed by atoms with van der Waals surface area (Å²) in [5, 5.41) is 2.78. The molecular formula is C25H29NO7. The SMILES string of the molecule is COc1cc(OC)c(OC)cc1C=CC(=O)OCC(=O)c1ccc(NC(=O)C(C)(C)C)cc1. The molecule has 0 saturated carbocycles. The van der Waals surface area contributed by atoms with Crippen molar-refractivity contribution in [3.63, 3.8) is 0 Å². The average Bonchev–Trinajstić information content (AvgIpc) is 2.80. The van der Waals surface area contributed by atoms with Crippen molar-refractivity contribution in [2.75, 3.05) is 33.3 Å². The minimum atomic E-state index is -0.686. The van der Waals surface area contributed by atoms with E-state index in [9.17, 15) is 14.4 Å². The van der Waals surface area contributed by atoms with Crippen LogP contribution < -0.4 is 19.5 Å². The molecule has 8 heteroatoms. The molecule has 1 N–H and O–H groups in total. The first-order valence-electron chi connectivity index (χ1n) is 10.2. The molecule has 0 heterocycles. The van der Waals surface area contributed by atoms with Crippen molar-refractivity contribution in [1.82, 2.24) is 0 Å². The van der Waals surface area contributed by atoms with Crippen molar-refractivity contribution in [2.24, 2.45) is 5.41 Å². The Morgan fingerprint density at radius 1 is 0.879 bits per heavy atom. The zero-order valence-corrected chi connectivity index (χ0v) is 19.7. The minimum absolute atomic E-state index is 0.131. The predicted octanol–water partition coefficient (Wildman–Crippen LogP) is 4.14. The van der Waals surface area contributed by atoms with Gasteiger partial charge in [0.1, 0.15) is 5.75 Å². The van der Waals surface area contributed by atoms with Crippen LogP contribution in [0.5, 0.6) is 17.2 Å². The van der Waals surface area contributed by atoms with Gasteiger partial charge in [0.2, 0.25) is 5.91 Å². The number of amides is 1. The number of benzene rings is 2. The highest BCUT2D eigenvalue weighted by atomic mass is 16.5. The van der Waals surface area contributed by atoms with E-state index in [1.807, 2.05) is 20.8 Å². The highest BCUT2D eigenvalue weighted by Crippen LogP contribution is 2.35. The number of carbonyl (C=O) groups is 3. The van der Waals surface area contributed by atoms with Crippen LogP contribution in [0.3, 0.4) is 0 Å². The van der Waals surface area contributed by atoms with E-state index in [1.54, 1.807) is 36.4 Å². The molecule has 2 rings (SSSR count). The van der Waals surface area contributed by atoms with Gasteiger partial charge in [-0.15, -0.1) is 0 Å². The Kier molecular flexibility index (Phi) is 8.62. The molecule has 0 aromatic heterocycles. The number of nitrogens with one attached hydrogen (secondary N) is 1. The highest BCUT2D eigenvalue weighted by Gasteiger charge is 2.21. The van der Waals surface area contributed by atoms with Gasteiger partial charge in [-0.1, -0.05) is 20.8 Å². The number of hydrogen-bond acceptors (Lipinski definition) is 7. The Morgan fingerprint density at radius 3 is 2.00 bits per heavy atom. The summed E-state index contributed by atoms with van der Waals surface area (Å²) in [6.07, 6.45) is 2.70. The number of esters is 1. The second-order valence-electron chi connectivity index (χ2n) is 8.09. The topological polar surface area (TPSA) is 100 Å². The number of anilines is 1. The molecule has 176 valence electrons. The summed E-state index contributed by atoms with van der Waals surface area (Å²) in [4.78, 5) is 36.5. The molecule has 2 aromatic carbocycles. The van der Waals surface area contributed by atoms with E-state index in [4.69, 9.17) is 18.9 Å². The summed E-state index contributed by atoms with van der Waals surface area (Å²) in [5.41, 5.74) is 0.987. The Morgan fingerprint density at radius 2 is 1.45 bits per heavy atom. The maximum absolute atomic E-state index is 12.3. The molecule has 8 nitrogen and oxygen atoms in total. The Bertz CT molecular complexity index is 1030. The van der Waals surface area contributed by atoms with Crippen LogP contribution in [-0.4, -0.2) is 45.6 Å². The quantitative estimate of drug-likeness (QED) is 0.345. The third-order valence-corrected chi connectivity index (χ3v) is 4.63. The first kappa shape index (κ1) is 25.5. The van der Waals surface area contributed by atoms with Gasteiger partial charge < -0.3 is 24.3 Å². The normalized spacial score (nSPS) is 11.1. The second kappa shape index (κ2) is 11.2. The number of methoxy groups -OCH3 is 3. The zero-order valence-electron chi connectivity index (χ0n) is 19.7. The van der Waals surface area contributed by atoms with Crippen LogP contribution in [0.25, 0.3) is 6.08 Å². The number of Topliss-reactive ketones (excluding diaryl/α,β-unsaturated/α-hetero) is 1. The molecule has 0 aliphatic heterocycles. The molecular weight excluding hydrogens is 426 g/mol.